The van der Waals surface area contributed by atoms with Crippen molar-refractivity contribution in [1.29, 1.82) is 0 Å². The quantitative estimate of drug-likeness (QED) is 0.453. The van der Waals surface area contributed by atoms with Crippen molar-refractivity contribution >= 4 is 20.7 Å². The molecule has 20 heavy (non-hydrogen) atoms. The van der Waals surface area contributed by atoms with Gasteiger partial charge in [-0.05, 0) is 33.8 Å². The second-order valence-electron chi connectivity index (χ2n) is 4.12. The Kier molecular flexibility index (Phi) is 6.21. The van der Waals surface area contributed by atoms with Crippen molar-refractivity contribution in [2.75, 3.05) is 19.4 Å². The zero-order valence-corrected chi connectivity index (χ0v) is 13.3. The van der Waals surface area contributed by atoms with Gasteiger partial charge in [-0.15, -0.1) is 0 Å². The van der Waals surface area contributed by atoms with Gasteiger partial charge in [-0.3, -0.25) is 9.59 Å². The minimum absolute atomic E-state index is 0.0129. The number of carbonyl (C=O) groups excluding carboxylic acids is 2. The molecule has 0 amide bonds. The van der Waals surface area contributed by atoms with Crippen molar-refractivity contribution in [1.82, 2.24) is 0 Å². The number of hydrogen-bond acceptors (Lipinski definition) is 5. The van der Waals surface area contributed by atoms with Gasteiger partial charge in [0.25, 0.3) is 0 Å². The molecule has 0 spiro atoms. The third-order valence-corrected chi connectivity index (χ3v) is 4.08. The Morgan fingerprint density at radius 3 is 2.15 bits per heavy atom. The summed E-state index contributed by atoms with van der Waals surface area (Å²) in [6.45, 7) is 7.42. The third-order valence-electron chi connectivity index (χ3n) is 3.04. The summed E-state index contributed by atoms with van der Waals surface area (Å²) in [5, 5.41) is 0. The standard InChI is InChI=1S/C14H21O5P/c1-5-10-11(6-2)19-20-9-14(10,12(15)17-7-3)13(16)18-8-4/h5-6,20H,7-9H2,1-4H3/b10-5?,11-6+. The van der Waals surface area contributed by atoms with E-state index in [0.717, 1.165) is 0 Å². The van der Waals surface area contributed by atoms with Crippen molar-refractivity contribution in [2.24, 2.45) is 5.41 Å². The fourth-order valence-corrected chi connectivity index (χ4v) is 3.29. The van der Waals surface area contributed by atoms with Crippen LogP contribution >= 0.6 is 8.81 Å². The van der Waals surface area contributed by atoms with Gasteiger partial charge >= 0.3 is 11.9 Å². The molecule has 0 radical (unpaired) electrons. The van der Waals surface area contributed by atoms with Gasteiger partial charge in [0.15, 0.2) is 5.41 Å². The zero-order valence-electron chi connectivity index (χ0n) is 12.3. The molecule has 6 heteroatoms. The number of allylic oxidation sites excluding steroid dienone is 3. The van der Waals surface area contributed by atoms with Gasteiger partial charge in [0, 0.05) is 11.7 Å². The highest BCUT2D eigenvalue weighted by Crippen LogP contribution is 2.47. The molecular weight excluding hydrogens is 279 g/mol. The summed E-state index contributed by atoms with van der Waals surface area (Å²) >= 11 is 0. The summed E-state index contributed by atoms with van der Waals surface area (Å²) in [6.07, 6.45) is 3.71. The lowest BCUT2D eigenvalue weighted by molar-refractivity contribution is -0.167. The predicted octanol–water partition coefficient (Wildman–Crippen LogP) is 2.57. The molecule has 0 bridgehead atoms. The van der Waals surface area contributed by atoms with E-state index in [-0.39, 0.29) is 28.2 Å². The van der Waals surface area contributed by atoms with Crippen LogP contribution in [0.5, 0.6) is 0 Å². The summed E-state index contributed by atoms with van der Waals surface area (Å²) in [7, 11) is 0.0129. The summed E-state index contributed by atoms with van der Waals surface area (Å²) < 4.78 is 15.8. The second-order valence-corrected chi connectivity index (χ2v) is 4.97. The van der Waals surface area contributed by atoms with Crippen LogP contribution in [0, 0.1) is 5.41 Å². The van der Waals surface area contributed by atoms with Gasteiger partial charge in [0.1, 0.15) is 5.76 Å². The first-order chi connectivity index (χ1) is 9.58. The summed E-state index contributed by atoms with van der Waals surface area (Å²) in [5.74, 6) is -0.596. The maximum atomic E-state index is 12.4. The van der Waals surface area contributed by atoms with Crippen molar-refractivity contribution in [3.63, 3.8) is 0 Å². The van der Waals surface area contributed by atoms with E-state index in [0.29, 0.717) is 11.3 Å². The number of hydrogen-bond donors (Lipinski definition) is 0. The Balaban J connectivity index is 3.34. The van der Waals surface area contributed by atoms with Crippen LogP contribution in [0.2, 0.25) is 0 Å². The van der Waals surface area contributed by atoms with E-state index in [1.54, 1.807) is 39.8 Å². The third kappa shape index (κ3) is 2.88. The van der Waals surface area contributed by atoms with Crippen LogP contribution in [0.3, 0.4) is 0 Å². The monoisotopic (exact) mass is 300 g/mol. The Hall–Kier alpha value is -1.35. The molecule has 1 aliphatic rings. The smallest absolute Gasteiger partial charge is 0.328 e. The molecule has 112 valence electrons. The normalized spacial score (nSPS) is 22.6. The van der Waals surface area contributed by atoms with Crippen molar-refractivity contribution in [3.8, 4) is 0 Å². The first-order valence-electron chi connectivity index (χ1n) is 6.66. The van der Waals surface area contributed by atoms with Crippen LogP contribution in [0.1, 0.15) is 27.7 Å². The Labute approximate surface area is 121 Å². The second kappa shape index (κ2) is 7.44. The highest BCUT2D eigenvalue weighted by Gasteiger charge is 2.55. The van der Waals surface area contributed by atoms with Gasteiger partial charge in [-0.1, -0.05) is 6.08 Å². The number of rotatable bonds is 4. The molecule has 0 N–H and O–H groups in total. The molecule has 0 aromatic heterocycles. The lowest BCUT2D eigenvalue weighted by Gasteiger charge is -2.35. The van der Waals surface area contributed by atoms with Crippen molar-refractivity contribution in [3.05, 3.63) is 23.5 Å². The number of esters is 2. The largest absolute Gasteiger partial charge is 0.477 e. The highest BCUT2D eigenvalue weighted by atomic mass is 31.1. The van der Waals surface area contributed by atoms with E-state index >= 15 is 0 Å². The van der Waals surface area contributed by atoms with Gasteiger partial charge in [0.2, 0.25) is 0 Å². The van der Waals surface area contributed by atoms with E-state index in [4.69, 9.17) is 14.0 Å². The predicted molar refractivity (Wildman–Crippen MR) is 77.5 cm³/mol. The Morgan fingerprint density at radius 1 is 1.20 bits per heavy atom. The molecule has 1 aliphatic heterocycles. The number of carbonyl (C=O) groups is 2. The van der Waals surface area contributed by atoms with Crippen LogP contribution < -0.4 is 0 Å². The van der Waals surface area contributed by atoms with E-state index < -0.39 is 17.4 Å². The summed E-state index contributed by atoms with van der Waals surface area (Å²) in [5.41, 5.74) is -0.880. The fourth-order valence-electron chi connectivity index (χ4n) is 2.14. The molecule has 0 aliphatic carbocycles. The molecule has 1 heterocycles. The fraction of sp³-hybridized carbons (Fsp3) is 0.571. The maximum Gasteiger partial charge on any atom is 0.328 e. The van der Waals surface area contributed by atoms with Crippen LogP contribution in [-0.4, -0.2) is 31.3 Å². The first kappa shape index (κ1) is 16.7. The minimum atomic E-state index is -1.40. The van der Waals surface area contributed by atoms with Gasteiger partial charge in [-0.25, -0.2) is 0 Å². The van der Waals surface area contributed by atoms with E-state index in [1.165, 1.54) is 0 Å². The maximum absolute atomic E-state index is 12.4. The van der Waals surface area contributed by atoms with Crippen molar-refractivity contribution in [2.45, 2.75) is 27.7 Å². The average Bonchev–Trinajstić information content (AvgIpc) is 2.46. The van der Waals surface area contributed by atoms with Gasteiger partial charge in [0.05, 0.1) is 22.0 Å². The van der Waals surface area contributed by atoms with Crippen LogP contribution in [-0.2, 0) is 23.6 Å². The molecule has 1 unspecified atom stereocenters. The lowest BCUT2D eigenvalue weighted by Crippen LogP contribution is -2.47. The number of ether oxygens (including phenoxy) is 2. The molecule has 1 atom stereocenters. The molecule has 1 rings (SSSR count). The molecule has 5 nitrogen and oxygen atoms in total. The summed E-state index contributed by atoms with van der Waals surface area (Å²) in [6, 6.07) is 0. The molecule has 1 saturated heterocycles. The van der Waals surface area contributed by atoms with Gasteiger partial charge in [-0.2, -0.15) is 0 Å². The van der Waals surface area contributed by atoms with Crippen LogP contribution in [0.25, 0.3) is 0 Å². The zero-order chi connectivity index (χ0) is 15.2. The molecule has 1 fully saturated rings. The Bertz CT molecular complexity index is 421. The SMILES string of the molecule is CC=C1/C(=C\C)OPCC1(C(=O)OCC)C(=O)OCC. The molecule has 0 saturated carbocycles. The molecule has 0 aromatic rings. The Morgan fingerprint density at radius 2 is 1.75 bits per heavy atom. The first-order valence-corrected chi connectivity index (χ1v) is 7.77. The molecule has 0 aromatic carbocycles. The van der Waals surface area contributed by atoms with Crippen LogP contribution in [0.4, 0.5) is 0 Å². The average molecular weight is 300 g/mol. The van der Waals surface area contributed by atoms with E-state index in [1.807, 2.05) is 0 Å². The molecular formula is C14H21O5P. The van der Waals surface area contributed by atoms with Crippen molar-refractivity contribution < 1.29 is 23.6 Å². The van der Waals surface area contributed by atoms with E-state index in [9.17, 15) is 9.59 Å². The highest BCUT2D eigenvalue weighted by molar-refractivity contribution is 7.32. The lowest BCUT2D eigenvalue weighted by atomic mass is 9.80. The minimum Gasteiger partial charge on any atom is -0.477 e. The summed E-state index contributed by atoms with van der Waals surface area (Å²) in [4.78, 5) is 24.8. The topological polar surface area (TPSA) is 61.8 Å². The van der Waals surface area contributed by atoms with Crippen LogP contribution in [0.15, 0.2) is 23.5 Å². The van der Waals surface area contributed by atoms with E-state index in [2.05, 4.69) is 0 Å². The van der Waals surface area contributed by atoms with Gasteiger partial charge < -0.3 is 14.0 Å².